The van der Waals surface area contributed by atoms with Gasteiger partial charge in [-0.3, -0.25) is 14.4 Å². The largest absolute Gasteiger partial charge is 0.341 e. The number of amides is 2. The van der Waals surface area contributed by atoms with Crippen LogP contribution in [0, 0.1) is 17.8 Å². The van der Waals surface area contributed by atoms with Crippen LogP contribution in [0.5, 0.6) is 0 Å². The molecule has 2 bridgehead atoms. The fraction of sp³-hybridized carbons (Fsp3) is 0.654. The highest BCUT2D eigenvalue weighted by Gasteiger charge is 2.45. The molecule has 3 unspecified atom stereocenters. The number of hydrogen-bond acceptors (Lipinski definition) is 3. The van der Waals surface area contributed by atoms with Crippen molar-refractivity contribution < 1.29 is 14.4 Å². The van der Waals surface area contributed by atoms with Crippen LogP contribution in [0.1, 0.15) is 68.9 Å². The molecule has 1 aromatic carbocycles. The third-order valence-electron chi connectivity index (χ3n) is 8.25. The van der Waals surface area contributed by atoms with Crippen molar-refractivity contribution in [1.82, 2.24) is 9.80 Å². The van der Waals surface area contributed by atoms with Gasteiger partial charge in [0.15, 0.2) is 0 Å². The zero-order valence-corrected chi connectivity index (χ0v) is 18.6. The maximum absolute atomic E-state index is 13.4. The molecule has 2 amide bonds. The van der Waals surface area contributed by atoms with E-state index in [4.69, 9.17) is 0 Å². The molecule has 166 valence electrons. The SMILES string of the molecule is C[C@@H](C(=O)N1CC2CC(C1)C1CCCC(=O)N1C2)c1ccc(C[C@@H]2CCCC2=O)cc1. The second kappa shape index (κ2) is 8.40. The molecule has 5 rings (SSSR count). The summed E-state index contributed by atoms with van der Waals surface area (Å²) < 4.78 is 0. The van der Waals surface area contributed by atoms with Crippen LogP contribution in [0.15, 0.2) is 24.3 Å². The summed E-state index contributed by atoms with van der Waals surface area (Å²) in [5.41, 5.74) is 2.25. The fourth-order valence-corrected chi connectivity index (χ4v) is 6.54. The summed E-state index contributed by atoms with van der Waals surface area (Å²) in [6.45, 7) is 4.40. The van der Waals surface area contributed by atoms with Gasteiger partial charge >= 0.3 is 0 Å². The Morgan fingerprint density at radius 1 is 1.03 bits per heavy atom. The first-order valence-electron chi connectivity index (χ1n) is 12.2. The smallest absolute Gasteiger partial charge is 0.229 e. The standard InChI is InChI=1S/C26H34N2O3/c1-17(20-10-8-18(9-11-20)12-21-4-2-6-24(21)29)26(31)27-14-19-13-22(16-27)23-5-3-7-25(30)28(23)15-19/h8-11,17,19,21-23H,2-7,12-16H2,1H3/t17-,19?,21+,22?,23?/m1/s1. The Morgan fingerprint density at radius 2 is 1.81 bits per heavy atom. The quantitative estimate of drug-likeness (QED) is 0.745. The summed E-state index contributed by atoms with van der Waals surface area (Å²) in [5.74, 6) is 1.80. The number of rotatable bonds is 4. The molecule has 1 saturated carbocycles. The molecule has 4 aliphatic rings. The Balaban J connectivity index is 1.23. The van der Waals surface area contributed by atoms with Gasteiger partial charge in [0.25, 0.3) is 0 Å². The Morgan fingerprint density at radius 3 is 2.55 bits per heavy atom. The van der Waals surface area contributed by atoms with E-state index in [9.17, 15) is 14.4 Å². The molecule has 4 fully saturated rings. The minimum absolute atomic E-state index is 0.162. The molecule has 5 atom stereocenters. The number of nitrogens with zero attached hydrogens (tertiary/aromatic N) is 2. The highest BCUT2D eigenvalue weighted by molar-refractivity contribution is 5.84. The van der Waals surface area contributed by atoms with E-state index in [0.717, 1.165) is 70.1 Å². The number of carbonyl (C=O) groups is 3. The Labute approximate surface area is 185 Å². The van der Waals surface area contributed by atoms with Crippen molar-refractivity contribution in [2.45, 2.75) is 70.3 Å². The van der Waals surface area contributed by atoms with E-state index < -0.39 is 0 Å². The highest BCUT2D eigenvalue weighted by Crippen LogP contribution is 2.38. The van der Waals surface area contributed by atoms with Crippen LogP contribution in [0.4, 0.5) is 0 Å². The van der Waals surface area contributed by atoms with Crippen molar-refractivity contribution in [3.05, 3.63) is 35.4 Å². The summed E-state index contributed by atoms with van der Waals surface area (Å²) in [6.07, 6.45) is 7.53. The number of benzene rings is 1. The molecule has 3 aliphatic heterocycles. The molecular formula is C26H34N2O3. The minimum Gasteiger partial charge on any atom is -0.341 e. The number of piperidine rings is 3. The second-order valence-corrected chi connectivity index (χ2v) is 10.3. The predicted molar refractivity (Wildman–Crippen MR) is 118 cm³/mol. The number of ketones is 1. The van der Waals surface area contributed by atoms with E-state index in [2.05, 4.69) is 34.1 Å². The molecule has 31 heavy (non-hydrogen) atoms. The van der Waals surface area contributed by atoms with Gasteiger partial charge in [0.2, 0.25) is 11.8 Å². The van der Waals surface area contributed by atoms with Gasteiger partial charge in [0, 0.05) is 44.4 Å². The van der Waals surface area contributed by atoms with E-state index in [1.165, 1.54) is 5.56 Å². The van der Waals surface area contributed by atoms with Gasteiger partial charge in [0.1, 0.15) is 5.78 Å². The zero-order chi connectivity index (χ0) is 21.5. The van der Waals surface area contributed by atoms with Gasteiger partial charge in [-0.15, -0.1) is 0 Å². The molecule has 1 aromatic rings. The topological polar surface area (TPSA) is 57.7 Å². The summed E-state index contributed by atoms with van der Waals surface area (Å²) in [6, 6.07) is 8.68. The van der Waals surface area contributed by atoms with Crippen molar-refractivity contribution in [2.24, 2.45) is 17.8 Å². The molecule has 0 spiro atoms. The van der Waals surface area contributed by atoms with Crippen LogP contribution in [-0.2, 0) is 20.8 Å². The van der Waals surface area contributed by atoms with Crippen LogP contribution >= 0.6 is 0 Å². The van der Waals surface area contributed by atoms with Gasteiger partial charge in [-0.2, -0.15) is 0 Å². The lowest BCUT2D eigenvalue weighted by molar-refractivity contribution is -0.149. The van der Waals surface area contributed by atoms with E-state index in [-0.39, 0.29) is 17.7 Å². The van der Waals surface area contributed by atoms with Crippen molar-refractivity contribution in [2.75, 3.05) is 19.6 Å². The van der Waals surface area contributed by atoms with Crippen molar-refractivity contribution >= 4 is 17.6 Å². The fourth-order valence-electron chi connectivity index (χ4n) is 6.54. The Bertz CT molecular complexity index is 864. The number of Topliss-reactive ketones (excluding diaryl/α,β-unsaturated/α-hetero) is 1. The first-order chi connectivity index (χ1) is 15.0. The van der Waals surface area contributed by atoms with E-state index in [1.54, 1.807) is 0 Å². The molecule has 5 heteroatoms. The number of fused-ring (bicyclic) bond motifs is 4. The number of hydrogen-bond donors (Lipinski definition) is 0. The second-order valence-electron chi connectivity index (χ2n) is 10.3. The molecule has 0 radical (unpaired) electrons. The normalized spacial score (nSPS) is 31.5. The molecule has 0 aromatic heterocycles. The first-order valence-corrected chi connectivity index (χ1v) is 12.2. The maximum Gasteiger partial charge on any atom is 0.229 e. The molecular weight excluding hydrogens is 388 g/mol. The molecule has 3 heterocycles. The number of likely N-dealkylation sites (tertiary alicyclic amines) is 1. The third kappa shape index (κ3) is 4.04. The average Bonchev–Trinajstić information content (AvgIpc) is 3.18. The monoisotopic (exact) mass is 422 g/mol. The lowest BCUT2D eigenvalue weighted by Crippen LogP contribution is -2.61. The van der Waals surface area contributed by atoms with Crippen LogP contribution in [-0.4, -0.2) is 53.1 Å². The molecule has 1 aliphatic carbocycles. The number of carbonyl (C=O) groups excluding carboxylic acids is 3. The van der Waals surface area contributed by atoms with Crippen LogP contribution in [0.2, 0.25) is 0 Å². The van der Waals surface area contributed by atoms with Gasteiger partial charge in [-0.25, -0.2) is 0 Å². The Kier molecular flexibility index (Phi) is 5.61. The Hall–Kier alpha value is -2.17. The van der Waals surface area contributed by atoms with Crippen LogP contribution in [0.3, 0.4) is 0 Å². The van der Waals surface area contributed by atoms with Gasteiger partial charge in [-0.05, 0) is 68.4 Å². The lowest BCUT2D eigenvalue weighted by Gasteiger charge is -2.52. The first kappa shape index (κ1) is 20.7. The van der Waals surface area contributed by atoms with Crippen molar-refractivity contribution in [1.29, 1.82) is 0 Å². The molecule has 3 saturated heterocycles. The minimum atomic E-state index is -0.162. The summed E-state index contributed by atoms with van der Waals surface area (Å²) in [4.78, 5) is 41.8. The maximum atomic E-state index is 13.4. The van der Waals surface area contributed by atoms with E-state index in [0.29, 0.717) is 36.0 Å². The van der Waals surface area contributed by atoms with Gasteiger partial charge in [0.05, 0.1) is 5.92 Å². The van der Waals surface area contributed by atoms with E-state index in [1.807, 2.05) is 6.92 Å². The highest BCUT2D eigenvalue weighted by atomic mass is 16.2. The summed E-state index contributed by atoms with van der Waals surface area (Å²) in [7, 11) is 0. The summed E-state index contributed by atoms with van der Waals surface area (Å²) in [5, 5.41) is 0. The lowest BCUT2D eigenvalue weighted by atomic mass is 9.75. The third-order valence-corrected chi connectivity index (χ3v) is 8.25. The van der Waals surface area contributed by atoms with Crippen molar-refractivity contribution in [3.63, 3.8) is 0 Å². The summed E-state index contributed by atoms with van der Waals surface area (Å²) >= 11 is 0. The molecule has 0 N–H and O–H groups in total. The molecule has 5 nitrogen and oxygen atoms in total. The average molecular weight is 423 g/mol. The zero-order valence-electron chi connectivity index (χ0n) is 18.6. The van der Waals surface area contributed by atoms with Gasteiger partial charge < -0.3 is 9.80 Å². The van der Waals surface area contributed by atoms with Crippen molar-refractivity contribution in [3.8, 4) is 0 Å². The van der Waals surface area contributed by atoms with E-state index >= 15 is 0 Å². The van der Waals surface area contributed by atoms with Crippen LogP contribution < -0.4 is 0 Å². The predicted octanol–water partition coefficient (Wildman–Crippen LogP) is 3.56. The van der Waals surface area contributed by atoms with Gasteiger partial charge in [-0.1, -0.05) is 24.3 Å². The van der Waals surface area contributed by atoms with Crippen LogP contribution in [0.25, 0.3) is 0 Å².